The number of thiophene rings is 1. The van der Waals surface area contributed by atoms with E-state index in [0.717, 1.165) is 12.3 Å². The Hall–Kier alpha value is -1.32. The molecular weight excluding hydrogens is 266 g/mol. The van der Waals surface area contributed by atoms with Crippen LogP contribution in [0.2, 0.25) is 0 Å². The minimum atomic E-state index is 0.244. The first-order chi connectivity index (χ1) is 9.56. The Morgan fingerprint density at radius 1 is 1.10 bits per heavy atom. The Morgan fingerprint density at radius 2 is 1.80 bits per heavy atom. The van der Waals surface area contributed by atoms with Gasteiger partial charge in [0.2, 0.25) is 0 Å². The van der Waals surface area contributed by atoms with Gasteiger partial charge in [0.15, 0.2) is 0 Å². The smallest absolute Gasteiger partial charge is 0.129 e. The lowest BCUT2D eigenvalue weighted by atomic mass is 9.95. The van der Waals surface area contributed by atoms with E-state index in [9.17, 15) is 0 Å². The molecule has 0 radical (unpaired) electrons. The van der Waals surface area contributed by atoms with Crippen molar-refractivity contribution in [3.05, 3.63) is 50.7 Å². The van der Waals surface area contributed by atoms with Crippen molar-refractivity contribution in [1.29, 1.82) is 0 Å². The predicted octanol–water partition coefficient (Wildman–Crippen LogP) is 4.38. The number of ether oxygens (including phenoxy) is 1. The highest BCUT2D eigenvalue weighted by Gasteiger charge is 2.18. The molecule has 0 aliphatic rings. The molecule has 1 aromatic carbocycles. The molecule has 108 valence electrons. The second-order valence-electron chi connectivity index (χ2n) is 5.17. The van der Waals surface area contributed by atoms with Crippen LogP contribution in [0, 0.1) is 20.8 Å². The van der Waals surface area contributed by atoms with E-state index >= 15 is 0 Å². The minimum absolute atomic E-state index is 0.244. The summed E-state index contributed by atoms with van der Waals surface area (Å²) in [6.07, 6.45) is 0. The van der Waals surface area contributed by atoms with E-state index in [2.05, 4.69) is 56.6 Å². The van der Waals surface area contributed by atoms with Gasteiger partial charge in [-0.3, -0.25) is 0 Å². The van der Waals surface area contributed by atoms with Crippen molar-refractivity contribution in [2.75, 3.05) is 13.7 Å². The second-order valence-corrected chi connectivity index (χ2v) is 6.12. The lowest BCUT2D eigenvalue weighted by Crippen LogP contribution is -2.22. The summed E-state index contributed by atoms with van der Waals surface area (Å²) in [6, 6.07) is 6.96. The topological polar surface area (TPSA) is 21.3 Å². The Kier molecular flexibility index (Phi) is 4.84. The van der Waals surface area contributed by atoms with Crippen LogP contribution in [0.25, 0.3) is 0 Å². The number of benzene rings is 1. The second kappa shape index (κ2) is 6.42. The summed E-state index contributed by atoms with van der Waals surface area (Å²) < 4.78 is 5.31. The molecule has 0 aliphatic heterocycles. The van der Waals surface area contributed by atoms with Crippen molar-refractivity contribution >= 4 is 11.3 Å². The molecule has 0 fully saturated rings. The van der Waals surface area contributed by atoms with Crippen LogP contribution in [0.15, 0.2) is 23.6 Å². The van der Waals surface area contributed by atoms with E-state index in [-0.39, 0.29) is 6.04 Å². The molecule has 0 spiro atoms. The van der Waals surface area contributed by atoms with Gasteiger partial charge in [0, 0.05) is 10.3 Å². The lowest BCUT2D eigenvalue weighted by Gasteiger charge is -2.20. The van der Waals surface area contributed by atoms with Crippen molar-refractivity contribution in [2.45, 2.75) is 33.7 Å². The van der Waals surface area contributed by atoms with E-state index in [0.29, 0.717) is 0 Å². The normalized spacial score (nSPS) is 12.4. The van der Waals surface area contributed by atoms with Crippen LogP contribution in [0.5, 0.6) is 5.75 Å². The van der Waals surface area contributed by atoms with Crippen molar-refractivity contribution in [3.8, 4) is 5.75 Å². The van der Waals surface area contributed by atoms with Crippen LogP contribution >= 0.6 is 11.3 Å². The van der Waals surface area contributed by atoms with E-state index in [4.69, 9.17) is 4.74 Å². The van der Waals surface area contributed by atoms with Gasteiger partial charge in [-0.1, -0.05) is 19.1 Å². The van der Waals surface area contributed by atoms with Crippen molar-refractivity contribution < 1.29 is 4.74 Å². The molecular formula is C17H23NOS. The zero-order valence-corrected chi connectivity index (χ0v) is 13.7. The largest absolute Gasteiger partial charge is 0.496 e. The zero-order chi connectivity index (χ0) is 14.7. The molecule has 2 aromatic rings. The van der Waals surface area contributed by atoms with Gasteiger partial charge < -0.3 is 10.1 Å². The van der Waals surface area contributed by atoms with Crippen molar-refractivity contribution in [2.24, 2.45) is 0 Å². The maximum absolute atomic E-state index is 5.31. The lowest BCUT2D eigenvalue weighted by molar-refractivity contribution is 0.416. The Labute approximate surface area is 125 Å². The highest BCUT2D eigenvalue weighted by molar-refractivity contribution is 7.10. The standard InChI is InChI=1S/C17H23NOS/c1-6-18-17(16-9-14(19-5)10-20-16)15-8-12(3)11(2)7-13(15)4/h7-10,17-18H,6H2,1-5H3. The van der Waals surface area contributed by atoms with Crippen LogP contribution in [-0.2, 0) is 0 Å². The van der Waals surface area contributed by atoms with Crippen molar-refractivity contribution in [3.63, 3.8) is 0 Å². The summed E-state index contributed by atoms with van der Waals surface area (Å²) in [5.41, 5.74) is 5.40. The fraction of sp³-hybridized carbons (Fsp3) is 0.412. The van der Waals surface area contributed by atoms with Crippen LogP contribution in [0.3, 0.4) is 0 Å². The van der Waals surface area contributed by atoms with Crippen LogP contribution in [-0.4, -0.2) is 13.7 Å². The van der Waals surface area contributed by atoms with Gasteiger partial charge in [-0.25, -0.2) is 0 Å². The van der Waals surface area contributed by atoms with Gasteiger partial charge in [-0.15, -0.1) is 11.3 Å². The molecule has 1 N–H and O–H groups in total. The number of hydrogen-bond acceptors (Lipinski definition) is 3. The fourth-order valence-electron chi connectivity index (χ4n) is 2.45. The van der Waals surface area contributed by atoms with Gasteiger partial charge in [-0.2, -0.15) is 0 Å². The predicted molar refractivity (Wildman–Crippen MR) is 87.0 cm³/mol. The highest BCUT2D eigenvalue weighted by Crippen LogP contribution is 2.33. The molecule has 0 saturated carbocycles. The summed E-state index contributed by atoms with van der Waals surface area (Å²) in [4.78, 5) is 1.30. The SMILES string of the molecule is CCNC(c1cc(OC)cs1)c1cc(C)c(C)cc1C. The van der Waals surface area contributed by atoms with E-state index in [1.54, 1.807) is 18.4 Å². The molecule has 1 aromatic heterocycles. The quantitative estimate of drug-likeness (QED) is 0.882. The molecule has 1 atom stereocenters. The van der Waals surface area contributed by atoms with Gasteiger partial charge in [0.25, 0.3) is 0 Å². The summed E-state index contributed by atoms with van der Waals surface area (Å²) in [5, 5.41) is 5.66. The van der Waals surface area contributed by atoms with Crippen LogP contribution in [0.4, 0.5) is 0 Å². The minimum Gasteiger partial charge on any atom is -0.496 e. The number of methoxy groups -OCH3 is 1. The molecule has 3 heteroatoms. The third kappa shape index (κ3) is 3.05. The van der Waals surface area contributed by atoms with Crippen LogP contribution < -0.4 is 10.1 Å². The molecule has 2 nitrogen and oxygen atoms in total. The van der Waals surface area contributed by atoms with Crippen molar-refractivity contribution in [1.82, 2.24) is 5.32 Å². The van der Waals surface area contributed by atoms with Gasteiger partial charge >= 0.3 is 0 Å². The average molecular weight is 289 g/mol. The van der Waals surface area contributed by atoms with Gasteiger partial charge in [-0.05, 0) is 55.6 Å². The Morgan fingerprint density at radius 3 is 2.40 bits per heavy atom. The third-order valence-electron chi connectivity index (χ3n) is 3.72. The number of aryl methyl sites for hydroxylation is 3. The summed E-state index contributed by atoms with van der Waals surface area (Å²) in [6.45, 7) is 9.63. The van der Waals surface area contributed by atoms with E-state index < -0.39 is 0 Å². The van der Waals surface area contributed by atoms with Crippen LogP contribution in [0.1, 0.15) is 40.1 Å². The molecule has 20 heavy (non-hydrogen) atoms. The van der Waals surface area contributed by atoms with Gasteiger partial charge in [0.1, 0.15) is 5.75 Å². The molecule has 0 aliphatic carbocycles. The molecule has 0 amide bonds. The number of nitrogens with one attached hydrogen (secondary N) is 1. The fourth-order valence-corrected chi connectivity index (χ4v) is 3.40. The number of hydrogen-bond donors (Lipinski definition) is 1. The summed E-state index contributed by atoms with van der Waals surface area (Å²) in [5.74, 6) is 0.939. The third-order valence-corrected chi connectivity index (χ3v) is 4.69. The monoisotopic (exact) mass is 289 g/mol. The Balaban J connectivity index is 2.45. The molecule has 1 unspecified atom stereocenters. The molecule has 0 bridgehead atoms. The summed E-state index contributed by atoms with van der Waals surface area (Å²) >= 11 is 1.75. The number of rotatable bonds is 5. The molecule has 0 saturated heterocycles. The first-order valence-electron chi connectivity index (χ1n) is 7.00. The summed E-state index contributed by atoms with van der Waals surface area (Å²) in [7, 11) is 1.72. The molecule has 2 rings (SSSR count). The zero-order valence-electron chi connectivity index (χ0n) is 12.9. The molecule has 1 heterocycles. The Bertz CT molecular complexity index is 589. The first kappa shape index (κ1) is 15.1. The maximum Gasteiger partial charge on any atom is 0.129 e. The van der Waals surface area contributed by atoms with E-state index in [1.165, 1.54) is 27.1 Å². The van der Waals surface area contributed by atoms with E-state index in [1.807, 2.05) is 0 Å². The van der Waals surface area contributed by atoms with Gasteiger partial charge in [0.05, 0.1) is 13.2 Å². The first-order valence-corrected chi connectivity index (χ1v) is 7.88. The maximum atomic E-state index is 5.31. The highest BCUT2D eigenvalue weighted by atomic mass is 32.1. The average Bonchev–Trinajstić information content (AvgIpc) is 2.89.